The first-order valence-electron chi connectivity index (χ1n) is 6.00. The van der Waals surface area contributed by atoms with Gasteiger partial charge in [0.15, 0.2) is 0 Å². The minimum absolute atomic E-state index is 0.346. The summed E-state index contributed by atoms with van der Waals surface area (Å²) < 4.78 is 67.0. The number of nitrogens with zero attached hydrogens (tertiary/aromatic N) is 3. The number of nitriles is 1. The Morgan fingerprint density at radius 2 is 2.08 bits per heavy atom. The molecule has 0 bridgehead atoms. The summed E-state index contributed by atoms with van der Waals surface area (Å²) in [5.74, 6) is -1.58. The molecule has 7 nitrogen and oxygen atoms in total. The number of aromatic nitrogens is 2. The maximum Gasteiger partial charge on any atom is 0.388 e. The summed E-state index contributed by atoms with van der Waals surface area (Å²) >= 11 is 5.87. The third-order valence-electron chi connectivity index (χ3n) is 2.89. The highest BCUT2D eigenvalue weighted by atomic mass is 35.5. The molecule has 0 aliphatic carbocycles. The molecule has 1 aromatic carbocycles. The van der Waals surface area contributed by atoms with Gasteiger partial charge in [0, 0.05) is 12.6 Å². The summed E-state index contributed by atoms with van der Waals surface area (Å²) in [7, 11) is -3.13. The summed E-state index contributed by atoms with van der Waals surface area (Å²) in [5, 5.41) is 17.2. The first-order chi connectivity index (χ1) is 11.1. The highest BCUT2D eigenvalue weighted by molar-refractivity contribution is 7.89. The van der Waals surface area contributed by atoms with Gasteiger partial charge in [-0.05, 0) is 12.1 Å². The van der Waals surface area contributed by atoms with Crippen LogP contribution in [0.4, 0.5) is 13.2 Å². The van der Waals surface area contributed by atoms with Crippen molar-refractivity contribution in [3.8, 4) is 23.2 Å². The summed E-state index contributed by atoms with van der Waals surface area (Å²) in [6, 6.07) is 2.88. The molecular formula is C12H8ClF3N4O3S. The Morgan fingerprint density at radius 3 is 2.58 bits per heavy atom. The molecule has 0 aliphatic rings. The van der Waals surface area contributed by atoms with E-state index in [0.29, 0.717) is 6.07 Å². The van der Waals surface area contributed by atoms with Crippen LogP contribution in [-0.2, 0) is 17.1 Å². The van der Waals surface area contributed by atoms with Crippen LogP contribution >= 0.6 is 11.6 Å². The fraction of sp³-hybridized carbons (Fsp3) is 0.167. The molecule has 0 unspecified atom stereocenters. The average molecular weight is 381 g/mol. The Balaban J connectivity index is 2.73. The number of aryl methyl sites for hydroxylation is 1. The highest BCUT2D eigenvalue weighted by Crippen LogP contribution is 2.37. The second kappa shape index (κ2) is 6.31. The Bertz CT molecular complexity index is 953. The number of hydrogen-bond acceptors (Lipinski definition) is 5. The number of primary sulfonamides is 1. The lowest BCUT2D eigenvalue weighted by molar-refractivity contribution is -0.0552. The number of rotatable bonds is 4. The van der Waals surface area contributed by atoms with Gasteiger partial charge in [0.25, 0.3) is 0 Å². The van der Waals surface area contributed by atoms with E-state index in [2.05, 4.69) is 9.84 Å². The van der Waals surface area contributed by atoms with Crippen molar-refractivity contribution >= 4 is 21.6 Å². The van der Waals surface area contributed by atoms with E-state index in [1.807, 2.05) is 0 Å². The molecule has 2 N–H and O–H groups in total. The quantitative estimate of drug-likeness (QED) is 0.872. The largest absolute Gasteiger partial charge is 0.416 e. The minimum Gasteiger partial charge on any atom is -0.416 e. The van der Waals surface area contributed by atoms with Gasteiger partial charge < -0.3 is 4.74 Å². The van der Waals surface area contributed by atoms with Gasteiger partial charge in [-0.2, -0.15) is 19.1 Å². The first kappa shape index (κ1) is 18.1. The van der Waals surface area contributed by atoms with E-state index < -0.39 is 49.4 Å². The maximum absolute atomic E-state index is 14.2. The van der Waals surface area contributed by atoms with E-state index >= 15 is 0 Å². The van der Waals surface area contributed by atoms with Gasteiger partial charge in [0.05, 0.1) is 5.56 Å². The molecule has 12 heteroatoms. The number of nitrogens with two attached hydrogens (primary N) is 1. The zero-order chi connectivity index (χ0) is 18.2. The third-order valence-corrected chi connectivity index (χ3v) is 4.18. The predicted molar refractivity (Wildman–Crippen MR) is 76.3 cm³/mol. The van der Waals surface area contributed by atoms with Crippen LogP contribution in [0.25, 0.3) is 11.3 Å². The summed E-state index contributed by atoms with van der Waals surface area (Å²) in [6.07, 6.45) is 0. The smallest absolute Gasteiger partial charge is 0.388 e. The Morgan fingerprint density at radius 1 is 1.46 bits per heavy atom. The lowest BCUT2D eigenvalue weighted by Gasteiger charge is -2.06. The number of sulfonamides is 1. The lowest BCUT2D eigenvalue weighted by atomic mass is 10.1. The van der Waals surface area contributed by atoms with Gasteiger partial charge >= 0.3 is 6.61 Å². The molecule has 0 spiro atoms. The van der Waals surface area contributed by atoms with Crippen LogP contribution in [-0.4, -0.2) is 24.8 Å². The van der Waals surface area contributed by atoms with E-state index in [-0.39, 0.29) is 5.69 Å². The maximum atomic E-state index is 14.2. The Kier molecular flexibility index (Phi) is 4.75. The molecule has 1 aromatic heterocycles. The number of halogens is 4. The number of ether oxygens (including phenoxy) is 1. The van der Waals surface area contributed by atoms with Gasteiger partial charge in [0.1, 0.15) is 27.5 Å². The normalized spacial score (nSPS) is 11.6. The van der Waals surface area contributed by atoms with Crippen molar-refractivity contribution in [3.05, 3.63) is 28.5 Å². The SMILES string of the molecule is Cn1nc(-c2cc(S(N)(=O)=O)c(C#N)cc2F)c(Cl)c1OC(F)F. The van der Waals surface area contributed by atoms with Crippen LogP contribution in [0, 0.1) is 17.1 Å². The van der Waals surface area contributed by atoms with Gasteiger partial charge in [0.2, 0.25) is 15.9 Å². The monoisotopic (exact) mass is 380 g/mol. The van der Waals surface area contributed by atoms with E-state index in [4.69, 9.17) is 22.0 Å². The number of benzene rings is 1. The van der Waals surface area contributed by atoms with Crippen molar-refractivity contribution in [2.45, 2.75) is 11.5 Å². The van der Waals surface area contributed by atoms with Crippen LogP contribution in [0.15, 0.2) is 17.0 Å². The third kappa shape index (κ3) is 3.30. The Labute approximate surface area is 139 Å². The first-order valence-corrected chi connectivity index (χ1v) is 7.92. The van der Waals surface area contributed by atoms with Crippen molar-refractivity contribution in [3.63, 3.8) is 0 Å². The second-order valence-electron chi connectivity index (χ2n) is 4.45. The lowest BCUT2D eigenvalue weighted by Crippen LogP contribution is -2.14. The molecule has 0 aliphatic heterocycles. The molecule has 128 valence electrons. The van der Waals surface area contributed by atoms with Crippen molar-refractivity contribution in [2.24, 2.45) is 12.2 Å². The van der Waals surface area contributed by atoms with Crippen molar-refractivity contribution in [2.75, 3.05) is 0 Å². The van der Waals surface area contributed by atoms with E-state index in [9.17, 15) is 21.6 Å². The summed E-state index contributed by atoms with van der Waals surface area (Å²) in [5.41, 5.74) is -1.31. The average Bonchev–Trinajstić information content (AvgIpc) is 2.73. The van der Waals surface area contributed by atoms with Crippen molar-refractivity contribution in [1.29, 1.82) is 5.26 Å². The topological polar surface area (TPSA) is 111 Å². The van der Waals surface area contributed by atoms with Crippen LogP contribution in [0.1, 0.15) is 5.56 Å². The fourth-order valence-electron chi connectivity index (χ4n) is 1.92. The molecule has 2 aromatic rings. The van der Waals surface area contributed by atoms with Gasteiger partial charge in [-0.25, -0.2) is 22.6 Å². The molecule has 0 saturated heterocycles. The van der Waals surface area contributed by atoms with E-state index in [0.717, 1.165) is 10.7 Å². The van der Waals surface area contributed by atoms with Crippen LogP contribution < -0.4 is 9.88 Å². The van der Waals surface area contributed by atoms with Crippen LogP contribution in [0.3, 0.4) is 0 Å². The predicted octanol–water partition coefficient (Wildman–Crippen LogP) is 2.00. The molecule has 0 radical (unpaired) electrons. The fourth-order valence-corrected chi connectivity index (χ4v) is 2.92. The van der Waals surface area contributed by atoms with Gasteiger partial charge in [-0.3, -0.25) is 0 Å². The van der Waals surface area contributed by atoms with E-state index in [1.54, 1.807) is 0 Å². The van der Waals surface area contributed by atoms with Crippen molar-refractivity contribution < 1.29 is 26.3 Å². The molecule has 24 heavy (non-hydrogen) atoms. The standard InChI is InChI=1S/C12H8ClF3N4O3S/c1-20-11(23-12(15)16)9(13)10(19-20)6-3-8(24(18,21)22)5(4-17)2-7(6)14/h2-3,12H,1H3,(H2,18,21,22). The zero-order valence-electron chi connectivity index (χ0n) is 11.8. The van der Waals surface area contributed by atoms with E-state index in [1.165, 1.54) is 13.1 Å². The second-order valence-corrected chi connectivity index (χ2v) is 6.36. The van der Waals surface area contributed by atoms with Gasteiger partial charge in [-0.15, -0.1) is 0 Å². The summed E-state index contributed by atoms with van der Waals surface area (Å²) in [6.45, 7) is -3.20. The molecule has 0 fully saturated rings. The zero-order valence-corrected chi connectivity index (χ0v) is 13.4. The molecule has 1 heterocycles. The number of hydrogen-bond donors (Lipinski definition) is 1. The summed E-state index contributed by atoms with van der Waals surface area (Å²) in [4.78, 5) is -0.653. The highest BCUT2D eigenvalue weighted by Gasteiger charge is 2.25. The van der Waals surface area contributed by atoms with Crippen molar-refractivity contribution in [1.82, 2.24) is 9.78 Å². The molecule has 0 amide bonds. The number of alkyl halides is 2. The molecule has 0 atom stereocenters. The minimum atomic E-state index is -4.35. The Hall–Kier alpha value is -2.29. The van der Waals surface area contributed by atoms with Crippen LogP contribution in [0.2, 0.25) is 5.02 Å². The molecule has 2 rings (SSSR count). The van der Waals surface area contributed by atoms with Gasteiger partial charge in [-0.1, -0.05) is 11.6 Å². The van der Waals surface area contributed by atoms with Crippen LogP contribution in [0.5, 0.6) is 5.88 Å². The molecule has 0 saturated carbocycles. The molecular weight excluding hydrogens is 373 g/mol.